The van der Waals surface area contributed by atoms with Crippen LogP contribution < -0.4 is 0 Å². The van der Waals surface area contributed by atoms with Crippen LogP contribution in [0, 0.1) is 0 Å². The Hall–Kier alpha value is -0.623. The van der Waals surface area contributed by atoms with Crippen molar-refractivity contribution in [2.24, 2.45) is 0 Å². The Morgan fingerprint density at radius 1 is 1.17 bits per heavy atom. The van der Waals surface area contributed by atoms with Crippen molar-refractivity contribution < 1.29 is 8.85 Å². The first-order chi connectivity index (χ1) is 10.6. The van der Waals surface area contributed by atoms with Gasteiger partial charge in [0.25, 0.3) is 0 Å². The molecule has 2 aliphatic heterocycles. The van der Waals surface area contributed by atoms with Crippen LogP contribution in [-0.2, 0) is 8.85 Å². The number of hydrogen-bond donors (Lipinski definition) is 0. The second-order valence-electron chi connectivity index (χ2n) is 8.44. The van der Waals surface area contributed by atoms with Gasteiger partial charge in [-0.25, -0.2) is 0 Å². The van der Waals surface area contributed by atoms with Crippen LogP contribution in [0.4, 0.5) is 0 Å². The fourth-order valence-corrected chi connectivity index (χ4v) is 10.1. The lowest BCUT2D eigenvalue weighted by Crippen LogP contribution is -2.63. The van der Waals surface area contributed by atoms with E-state index in [1.165, 1.54) is 10.5 Å². The molecule has 3 heterocycles. The molecular formula is C18H27NO2SSi. The lowest BCUT2D eigenvalue weighted by molar-refractivity contribution is 0.0491. The summed E-state index contributed by atoms with van der Waals surface area (Å²) in [7, 11) is -2.38. The van der Waals surface area contributed by atoms with Crippen LogP contribution >= 0.6 is 11.8 Å². The van der Waals surface area contributed by atoms with Crippen LogP contribution in [0.5, 0.6) is 0 Å². The molecule has 0 spiro atoms. The van der Waals surface area contributed by atoms with E-state index in [4.69, 9.17) is 8.85 Å². The van der Waals surface area contributed by atoms with Gasteiger partial charge in [0.15, 0.2) is 0 Å². The zero-order valence-electron chi connectivity index (χ0n) is 14.9. The standard InChI is InChI=1S/C18H27NO2SSi/c1-17(2,3)23(18(4,5)6)20-12-16-14(21-23)10-15(22-16)13-8-7-9-19-11-13/h7-11,14,16H,12H2,1-6H3/t14-,16+/m0/s1. The Morgan fingerprint density at radius 2 is 1.87 bits per heavy atom. The molecule has 2 atom stereocenters. The molecule has 126 valence electrons. The van der Waals surface area contributed by atoms with Gasteiger partial charge in [0.2, 0.25) is 0 Å². The van der Waals surface area contributed by atoms with Crippen LogP contribution in [0.15, 0.2) is 30.6 Å². The molecule has 0 N–H and O–H groups in total. The monoisotopic (exact) mass is 349 g/mol. The zero-order valence-corrected chi connectivity index (χ0v) is 16.7. The van der Waals surface area contributed by atoms with Crippen LogP contribution in [0.3, 0.4) is 0 Å². The quantitative estimate of drug-likeness (QED) is 0.668. The molecule has 0 radical (unpaired) electrons. The SMILES string of the molecule is CC(C)(C)[Si]1(C(C)(C)C)OC[C@H]2SC(c3cccnc3)=C[C@@H]2O1. The smallest absolute Gasteiger partial charge is 0.349 e. The van der Waals surface area contributed by atoms with E-state index >= 15 is 0 Å². The second-order valence-corrected chi connectivity index (χ2v) is 14.5. The third-order valence-electron chi connectivity index (χ3n) is 4.63. The molecule has 0 amide bonds. The Labute approximate surface area is 145 Å². The third-order valence-corrected chi connectivity index (χ3v) is 11.1. The molecule has 0 aromatic carbocycles. The van der Waals surface area contributed by atoms with Crippen molar-refractivity contribution in [3.63, 3.8) is 0 Å². The van der Waals surface area contributed by atoms with Gasteiger partial charge in [-0.2, -0.15) is 0 Å². The zero-order chi connectivity index (χ0) is 16.9. The second kappa shape index (κ2) is 5.72. The Bertz CT molecular complexity index is 590. The summed E-state index contributed by atoms with van der Waals surface area (Å²) in [6, 6.07) is 4.10. The van der Waals surface area contributed by atoms with E-state index in [9.17, 15) is 0 Å². The summed E-state index contributed by atoms with van der Waals surface area (Å²) in [5.74, 6) is 0. The van der Waals surface area contributed by atoms with Crippen LogP contribution in [-0.4, -0.2) is 31.5 Å². The predicted octanol–water partition coefficient (Wildman–Crippen LogP) is 5.00. The highest BCUT2D eigenvalue weighted by Gasteiger charge is 2.62. The van der Waals surface area contributed by atoms with E-state index < -0.39 is 8.56 Å². The van der Waals surface area contributed by atoms with Gasteiger partial charge in [0, 0.05) is 32.9 Å². The van der Waals surface area contributed by atoms with E-state index in [1.807, 2.05) is 30.2 Å². The minimum atomic E-state index is -2.38. The molecule has 3 rings (SSSR count). The normalized spacial score (nSPS) is 27.5. The molecule has 2 aliphatic rings. The minimum Gasteiger partial charge on any atom is -0.392 e. The Balaban J connectivity index is 1.91. The molecule has 0 unspecified atom stereocenters. The number of thioether (sulfide) groups is 1. The average Bonchev–Trinajstić information content (AvgIpc) is 2.88. The van der Waals surface area contributed by atoms with Crippen molar-refractivity contribution in [1.82, 2.24) is 4.98 Å². The molecule has 1 aromatic rings. The highest BCUT2D eigenvalue weighted by Crippen LogP contribution is 2.56. The van der Waals surface area contributed by atoms with Crippen LogP contribution in [0.25, 0.3) is 4.91 Å². The van der Waals surface area contributed by atoms with Gasteiger partial charge in [-0.1, -0.05) is 47.6 Å². The van der Waals surface area contributed by atoms with Gasteiger partial charge >= 0.3 is 8.56 Å². The van der Waals surface area contributed by atoms with E-state index in [0.29, 0.717) is 5.25 Å². The van der Waals surface area contributed by atoms with Crippen molar-refractivity contribution in [2.45, 2.75) is 63.0 Å². The molecule has 23 heavy (non-hydrogen) atoms. The van der Waals surface area contributed by atoms with Gasteiger partial charge in [0.05, 0.1) is 18.0 Å². The number of hydrogen-bond acceptors (Lipinski definition) is 4. The van der Waals surface area contributed by atoms with Crippen molar-refractivity contribution in [3.8, 4) is 0 Å². The van der Waals surface area contributed by atoms with Crippen molar-refractivity contribution in [1.29, 1.82) is 0 Å². The van der Waals surface area contributed by atoms with Gasteiger partial charge in [-0.05, 0) is 12.1 Å². The lowest BCUT2D eigenvalue weighted by Gasteiger charge is -2.53. The molecular weight excluding hydrogens is 322 g/mol. The molecule has 0 bridgehead atoms. The minimum absolute atomic E-state index is 0.0335. The number of pyridine rings is 1. The lowest BCUT2D eigenvalue weighted by atomic mass is 10.2. The van der Waals surface area contributed by atoms with E-state index in [2.05, 4.69) is 58.7 Å². The molecule has 1 aromatic heterocycles. The van der Waals surface area contributed by atoms with Gasteiger partial charge in [0.1, 0.15) is 0 Å². The maximum atomic E-state index is 6.78. The van der Waals surface area contributed by atoms with Crippen LogP contribution in [0.2, 0.25) is 10.1 Å². The molecule has 5 heteroatoms. The predicted molar refractivity (Wildman–Crippen MR) is 99.6 cm³/mol. The first kappa shape index (κ1) is 17.2. The third kappa shape index (κ3) is 2.93. The summed E-state index contributed by atoms with van der Waals surface area (Å²) < 4.78 is 13.3. The van der Waals surface area contributed by atoms with E-state index in [1.54, 1.807) is 0 Å². The van der Waals surface area contributed by atoms with Gasteiger partial charge in [-0.15, -0.1) is 11.8 Å². The molecule has 1 fully saturated rings. The largest absolute Gasteiger partial charge is 0.392 e. The topological polar surface area (TPSA) is 31.4 Å². The summed E-state index contributed by atoms with van der Waals surface area (Å²) in [4.78, 5) is 5.50. The number of rotatable bonds is 1. The molecule has 0 saturated carbocycles. The fourth-order valence-electron chi connectivity index (χ4n) is 3.77. The maximum absolute atomic E-state index is 6.78. The number of aromatic nitrogens is 1. The van der Waals surface area contributed by atoms with Crippen LogP contribution in [0.1, 0.15) is 47.1 Å². The van der Waals surface area contributed by atoms with Crippen molar-refractivity contribution in [3.05, 3.63) is 36.2 Å². The highest BCUT2D eigenvalue weighted by molar-refractivity contribution is 8.09. The maximum Gasteiger partial charge on any atom is 0.349 e. The molecule has 3 nitrogen and oxygen atoms in total. The average molecular weight is 350 g/mol. The molecule has 0 aliphatic carbocycles. The van der Waals surface area contributed by atoms with E-state index in [0.717, 1.165) is 6.61 Å². The summed E-state index contributed by atoms with van der Waals surface area (Å²) in [5, 5.41) is 0.424. The summed E-state index contributed by atoms with van der Waals surface area (Å²) in [6.45, 7) is 14.3. The summed E-state index contributed by atoms with van der Waals surface area (Å²) in [6.07, 6.45) is 6.17. The highest BCUT2D eigenvalue weighted by atomic mass is 32.2. The van der Waals surface area contributed by atoms with E-state index in [-0.39, 0.29) is 16.2 Å². The van der Waals surface area contributed by atoms with Crippen molar-refractivity contribution in [2.75, 3.05) is 6.61 Å². The van der Waals surface area contributed by atoms with Gasteiger partial charge in [-0.3, -0.25) is 4.98 Å². The first-order valence-corrected chi connectivity index (χ1v) is 10.9. The fraction of sp³-hybridized carbons (Fsp3) is 0.611. The number of fused-ring (bicyclic) bond motifs is 1. The van der Waals surface area contributed by atoms with Gasteiger partial charge < -0.3 is 8.85 Å². The molecule has 1 saturated heterocycles. The van der Waals surface area contributed by atoms with Crippen molar-refractivity contribution >= 4 is 25.2 Å². The Kier molecular flexibility index (Phi) is 4.28. The summed E-state index contributed by atoms with van der Waals surface area (Å²) in [5.41, 5.74) is 1.18. The number of nitrogens with zero attached hydrogens (tertiary/aromatic N) is 1. The summed E-state index contributed by atoms with van der Waals surface area (Å²) >= 11 is 1.86. The Morgan fingerprint density at radius 3 is 2.43 bits per heavy atom. The first-order valence-electron chi connectivity index (χ1n) is 8.25.